The highest BCUT2D eigenvalue weighted by molar-refractivity contribution is 6.11. The Bertz CT molecular complexity index is 634. The van der Waals surface area contributed by atoms with Crippen molar-refractivity contribution in [2.75, 3.05) is 24.5 Å². The fraction of sp³-hybridized carbons (Fsp3) is 0.550. The van der Waals surface area contributed by atoms with Crippen LogP contribution in [-0.2, 0) is 19.8 Å². The van der Waals surface area contributed by atoms with Crippen molar-refractivity contribution in [3.63, 3.8) is 0 Å². The number of carbonyl (C=O) groups excluding carboxylic acids is 3. The highest BCUT2D eigenvalue weighted by Gasteiger charge is 2.58. The van der Waals surface area contributed by atoms with Gasteiger partial charge in [0.2, 0.25) is 11.8 Å². The number of likely N-dealkylation sites (tertiary alicyclic amines) is 1. The zero-order valence-corrected chi connectivity index (χ0v) is 14.9. The van der Waals surface area contributed by atoms with Crippen molar-refractivity contribution >= 4 is 23.8 Å². The summed E-state index contributed by atoms with van der Waals surface area (Å²) in [6.45, 7) is 8.85. The number of anilines is 1. The van der Waals surface area contributed by atoms with Gasteiger partial charge in [-0.1, -0.05) is 59.7 Å². The third kappa shape index (κ3) is 3.46. The molecule has 0 saturated carbocycles. The number of carbonyl (C=O) groups is 3. The van der Waals surface area contributed by atoms with Gasteiger partial charge in [-0.05, 0) is 11.6 Å². The Morgan fingerprint density at radius 2 is 1.80 bits per heavy atom. The van der Waals surface area contributed by atoms with Crippen molar-refractivity contribution in [3.05, 3.63) is 29.8 Å². The molecule has 5 heteroatoms. The molecule has 1 aromatic rings. The minimum atomic E-state index is -0.649. The molecule has 0 radical (unpaired) electrons. The van der Waals surface area contributed by atoms with Gasteiger partial charge < -0.3 is 14.6 Å². The summed E-state index contributed by atoms with van der Waals surface area (Å²) in [7, 11) is 0. The average Bonchev–Trinajstić information content (AvgIpc) is 2.76. The Labute approximate surface area is 151 Å². The zero-order chi connectivity index (χ0) is 17.9. The van der Waals surface area contributed by atoms with Crippen molar-refractivity contribution in [2.45, 2.75) is 47.0 Å². The molecule has 3 rings (SSSR count). The van der Waals surface area contributed by atoms with Crippen molar-refractivity contribution in [1.29, 1.82) is 0 Å². The number of amides is 2. The molecule has 1 spiro atoms. The van der Waals surface area contributed by atoms with E-state index in [2.05, 4.69) is 13.8 Å². The van der Waals surface area contributed by atoms with Crippen molar-refractivity contribution in [1.82, 2.24) is 4.90 Å². The Kier molecular flexibility index (Phi) is 6.91. The summed E-state index contributed by atoms with van der Waals surface area (Å²) in [6, 6.07) is 7.54. The van der Waals surface area contributed by atoms with Crippen LogP contribution in [0.3, 0.4) is 0 Å². The molecule has 0 atom stereocenters. The second kappa shape index (κ2) is 8.28. The van der Waals surface area contributed by atoms with Crippen LogP contribution in [0.5, 0.6) is 0 Å². The first-order valence-electron chi connectivity index (χ1n) is 8.56. The van der Waals surface area contributed by atoms with Gasteiger partial charge in [0.25, 0.3) is 0 Å². The topological polar surface area (TPSA) is 57.7 Å². The van der Waals surface area contributed by atoms with Crippen LogP contribution in [-0.4, -0.2) is 42.6 Å². The van der Waals surface area contributed by atoms with Crippen LogP contribution in [0.2, 0.25) is 0 Å². The summed E-state index contributed by atoms with van der Waals surface area (Å²) in [6.07, 6.45) is 1.99. The Hall–Kier alpha value is -2.17. The molecule has 2 aliphatic rings. The SMILES string of the molecule is C.CC(C)C(=O)N1CC2(C1)C(=O)N(CC=O)c1ccccc12.CCC. The van der Waals surface area contributed by atoms with Crippen LogP contribution in [0.1, 0.15) is 47.1 Å². The standard InChI is InChI=1S/C16H18N2O3.C3H8.CH4/c1-11(2)14(20)17-9-16(10-17)12-5-3-4-6-13(12)18(7-8-19)15(16)21;1-3-2;/h3-6,8,11H,7,9-10H2,1-2H3;3H2,1-2H3;1H4. The van der Waals surface area contributed by atoms with Crippen LogP contribution in [0.25, 0.3) is 0 Å². The molecule has 0 aromatic heterocycles. The normalized spacial score (nSPS) is 16.6. The zero-order valence-electron chi connectivity index (χ0n) is 14.9. The van der Waals surface area contributed by atoms with E-state index in [0.29, 0.717) is 13.1 Å². The summed E-state index contributed by atoms with van der Waals surface area (Å²) in [5.74, 6) is -0.0662. The smallest absolute Gasteiger partial charge is 0.241 e. The first kappa shape index (κ1) is 20.9. The van der Waals surface area contributed by atoms with Gasteiger partial charge in [-0.15, -0.1) is 0 Å². The largest absolute Gasteiger partial charge is 0.339 e. The molecule has 0 aliphatic carbocycles. The summed E-state index contributed by atoms with van der Waals surface area (Å²) >= 11 is 0. The second-order valence-corrected chi connectivity index (χ2v) is 6.74. The van der Waals surface area contributed by atoms with E-state index in [0.717, 1.165) is 17.5 Å². The van der Waals surface area contributed by atoms with Gasteiger partial charge in [0.1, 0.15) is 11.7 Å². The lowest BCUT2D eigenvalue weighted by atomic mass is 9.74. The van der Waals surface area contributed by atoms with Gasteiger partial charge >= 0.3 is 0 Å². The number of para-hydroxylation sites is 1. The van der Waals surface area contributed by atoms with E-state index in [-0.39, 0.29) is 31.7 Å². The lowest BCUT2D eigenvalue weighted by Gasteiger charge is -2.47. The molecular formula is C20H30N2O3. The van der Waals surface area contributed by atoms with Crippen molar-refractivity contribution in [2.24, 2.45) is 5.92 Å². The third-order valence-corrected chi connectivity index (χ3v) is 4.35. The fourth-order valence-electron chi connectivity index (χ4n) is 3.28. The average molecular weight is 346 g/mol. The van der Waals surface area contributed by atoms with Gasteiger partial charge in [0, 0.05) is 24.7 Å². The van der Waals surface area contributed by atoms with E-state index in [4.69, 9.17) is 0 Å². The van der Waals surface area contributed by atoms with E-state index in [9.17, 15) is 14.4 Å². The van der Waals surface area contributed by atoms with Gasteiger partial charge in [-0.2, -0.15) is 0 Å². The Balaban J connectivity index is 0.000000730. The molecule has 0 bridgehead atoms. The molecule has 5 nitrogen and oxygen atoms in total. The maximum absolute atomic E-state index is 12.7. The lowest BCUT2D eigenvalue weighted by molar-refractivity contribution is -0.146. The number of benzene rings is 1. The molecule has 1 fully saturated rings. The van der Waals surface area contributed by atoms with Crippen molar-refractivity contribution in [3.8, 4) is 0 Å². The number of aldehydes is 1. The maximum Gasteiger partial charge on any atom is 0.241 e. The van der Waals surface area contributed by atoms with Crippen LogP contribution in [0.15, 0.2) is 24.3 Å². The molecule has 0 unspecified atom stereocenters. The number of hydrogen-bond acceptors (Lipinski definition) is 3. The Morgan fingerprint density at radius 3 is 2.32 bits per heavy atom. The first-order valence-corrected chi connectivity index (χ1v) is 8.56. The lowest BCUT2D eigenvalue weighted by Crippen LogP contribution is -2.66. The van der Waals surface area contributed by atoms with Crippen LogP contribution < -0.4 is 4.90 Å². The van der Waals surface area contributed by atoms with Crippen LogP contribution in [0.4, 0.5) is 5.69 Å². The maximum atomic E-state index is 12.7. The summed E-state index contributed by atoms with van der Waals surface area (Å²) < 4.78 is 0. The highest BCUT2D eigenvalue weighted by Crippen LogP contribution is 2.47. The monoisotopic (exact) mass is 346 g/mol. The van der Waals surface area contributed by atoms with E-state index in [1.165, 1.54) is 11.3 Å². The minimum absolute atomic E-state index is 0. The first-order chi connectivity index (χ1) is 11.4. The number of rotatable bonds is 3. The van der Waals surface area contributed by atoms with Gasteiger partial charge in [0.05, 0.1) is 6.54 Å². The Morgan fingerprint density at radius 1 is 1.24 bits per heavy atom. The molecule has 2 aliphatic heterocycles. The molecule has 1 aromatic carbocycles. The summed E-state index contributed by atoms with van der Waals surface area (Å²) in [5, 5.41) is 0. The number of fused-ring (bicyclic) bond motifs is 2. The molecule has 2 amide bonds. The van der Waals surface area contributed by atoms with E-state index >= 15 is 0 Å². The van der Waals surface area contributed by atoms with E-state index < -0.39 is 5.41 Å². The van der Waals surface area contributed by atoms with Gasteiger partial charge in [0.15, 0.2) is 0 Å². The summed E-state index contributed by atoms with van der Waals surface area (Å²) in [4.78, 5) is 38.8. The second-order valence-electron chi connectivity index (χ2n) is 6.74. The minimum Gasteiger partial charge on any atom is -0.339 e. The fourth-order valence-corrected chi connectivity index (χ4v) is 3.28. The number of nitrogens with zero attached hydrogens (tertiary/aromatic N) is 2. The predicted octanol–water partition coefficient (Wildman–Crippen LogP) is 3.02. The van der Waals surface area contributed by atoms with E-state index in [1.807, 2.05) is 38.1 Å². The van der Waals surface area contributed by atoms with Gasteiger partial charge in [-0.25, -0.2) is 0 Å². The molecule has 1 saturated heterocycles. The van der Waals surface area contributed by atoms with Gasteiger partial charge in [-0.3, -0.25) is 9.59 Å². The predicted molar refractivity (Wildman–Crippen MR) is 101 cm³/mol. The van der Waals surface area contributed by atoms with Crippen molar-refractivity contribution < 1.29 is 14.4 Å². The third-order valence-electron chi connectivity index (χ3n) is 4.35. The quantitative estimate of drug-likeness (QED) is 0.791. The molecular weight excluding hydrogens is 316 g/mol. The van der Waals surface area contributed by atoms with E-state index in [1.54, 1.807) is 4.90 Å². The molecule has 2 heterocycles. The molecule has 0 N–H and O–H groups in total. The highest BCUT2D eigenvalue weighted by atomic mass is 16.2. The molecule has 25 heavy (non-hydrogen) atoms. The van der Waals surface area contributed by atoms with Crippen LogP contribution >= 0.6 is 0 Å². The summed E-state index contributed by atoms with van der Waals surface area (Å²) in [5.41, 5.74) is 1.08. The molecule has 138 valence electrons. The van der Waals surface area contributed by atoms with Crippen LogP contribution in [0, 0.1) is 5.92 Å². The number of hydrogen-bond donors (Lipinski definition) is 0.